The van der Waals surface area contributed by atoms with E-state index in [-0.39, 0.29) is 17.6 Å². The predicted octanol–water partition coefficient (Wildman–Crippen LogP) is 5.39. The fourth-order valence-electron chi connectivity index (χ4n) is 4.55. The number of rotatable bonds is 7. The summed E-state index contributed by atoms with van der Waals surface area (Å²) in [6.07, 6.45) is 1.70. The number of ether oxygens (including phenoxy) is 1. The van der Waals surface area contributed by atoms with Gasteiger partial charge in [-0.2, -0.15) is 0 Å². The SMILES string of the molecule is COc1ccc(N2C(=S)N[C@H](c3ccccn3)[C@H]2c2ccc(-c3ccccc3[N+](=O)[O-])o2)cc1NC(C)=O. The molecule has 38 heavy (non-hydrogen) atoms. The second-order valence-corrected chi connectivity index (χ2v) is 8.93. The fourth-order valence-corrected chi connectivity index (χ4v) is 4.90. The van der Waals surface area contributed by atoms with E-state index in [9.17, 15) is 14.9 Å². The maximum absolute atomic E-state index is 11.8. The van der Waals surface area contributed by atoms with E-state index in [1.165, 1.54) is 20.1 Å². The summed E-state index contributed by atoms with van der Waals surface area (Å²) in [6.45, 7) is 1.42. The first kappa shape index (κ1) is 24.9. The van der Waals surface area contributed by atoms with Crippen LogP contribution in [0.4, 0.5) is 17.1 Å². The third kappa shape index (κ3) is 4.66. The van der Waals surface area contributed by atoms with Gasteiger partial charge in [-0.3, -0.25) is 19.9 Å². The zero-order valence-electron chi connectivity index (χ0n) is 20.5. The van der Waals surface area contributed by atoms with Gasteiger partial charge in [0.05, 0.1) is 35.0 Å². The molecule has 1 saturated heterocycles. The zero-order chi connectivity index (χ0) is 26.8. The van der Waals surface area contributed by atoms with Gasteiger partial charge in [-0.1, -0.05) is 18.2 Å². The molecule has 0 aliphatic carbocycles. The third-order valence-electron chi connectivity index (χ3n) is 6.15. The normalized spacial score (nSPS) is 16.7. The summed E-state index contributed by atoms with van der Waals surface area (Å²) in [7, 11) is 1.52. The first-order valence-corrected chi connectivity index (χ1v) is 12.1. The molecule has 4 aromatic rings. The monoisotopic (exact) mass is 529 g/mol. The molecular weight excluding hydrogens is 506 g/mol. The Balaban J connectivity index is 1.62. The summed E-state index contributed by atoms with van der Waals surface area (Å²) in [5, 5.41) is 18.2. The Kier molecular flexibility index (Phi) is 6.75. The number of carbonyl (C=O) groups is 1. The van der Waals surface area contributed by atoms with Crippen LogP contribution < -0.4 is 20.3 Å². The Morgan fingerprint density at radius 1 is 1.16 bits per heavy atom. The molecule has 5 rings (SSSR count). The Morgan fingerprint density at radius 3 is 2.66 bits per heavy atom. The molecule has 1 aliphatic rings. The number of benzene rings is 2. The van der Waals surface area contributed by atoms with Crippen LogP contribution in [-0.2, 0) is 4.79 Å². The number of anilines is 2. The Hall–Kier alpha value is -4.77. The largest absolute Gasteiger partial charge is 0.495 e. The van der Waals surface area contributed by atoms with Crippen molar-refractivity contribution in [2.45, 2.75) is 19.0 Å². The first-order chi connectivity index (χ1) is 18.4. The van der Waals surface area contributed by atoms with Crippen molar-refractivity contribution < 1.29 is 18.9 Å². The van der Waals surface area contributed by atoms with Crippen LogP contribution in [0.25, 0.3) is 11.3 Å². The molecule has 2 N–H and O–H groups in total. The summed E-state index contributed by atoms with van der Waals surface area (Å²) < 4.78 is 11.7. The van der Waals surface area contributed by atoms with Gasteiger partial charge in [0.15, 0.2) is 5.11 Å². The van der Waals surface area contributed by atoms with Gasteiger partial charge in [0.2, 0.25) is 5.91 Å². The van der Waals surface area contributed by atoms with Crippen LogP contribution >= 0.6 is 12.2 Å². The second kappa shape index (κ2) is 10.3. The molecule has 1 aliphatic heterocycles. The number of nitro groups is 1. The lowest BCUT2D eigenvalue weighted by Crippen LogP contribution is -2.29. The second-order valence-electron chi connectivity index (χ2n) is 8.54. The van der Waals surface area contributed by atoms with E-state index >= 15 is 0 Å². The van der Waals surface area contributed by atoms with E-state index in [0.717, 1.165) is 5.69 Å². The number of furan rings is 1. The van der Waals surface area contributed by atoms with Gasteiger partial charge < -0.3 is 24.7 Å². The molecule has 0 radical (unpaired) electrons. The smallest absolute Gasteiger partial charge is 0.280 e. The molecule has 2 aromatic heterocycles. The van der Waals surface area contributed by atoms with Crippen molar-refractivity contribution in [3.05, 3.63) is 101 Å². The lowest BCUT2D eigenvalue weighted by Gasteiger charge is -2.27. The molecule has 0 saturated carbocycles. The lowest BCUT2D eigenvalue weighted by atomic mass is 10.0. The van der Waals surface area contributed by atoms with Crippen LogP contribution in [-0.4, -0.2) is 28.0 Å². The van der Waals surface area contributed by atoms with Crippen molar-refractivity contribution >= 4 is 40.3 Å². The minimum Gasteiger partial charge on any atom is -0.495 e. The van der Waals surface area contributed by atoms with E-state index in [4.69, 9.17) is 21.4 Å². The molecule has 0 spiro atoms. The molecule has 1 amide bonds. The molecule has 0 unspecified atom stereocenters. The molecular formula is C27H23N5O5S. The minimum absolute atomic E-state index is 0.0540. The van der Waals surface area contributed by atoms with E-state index in [1.54, 1.807) is 48.7 Å². The number of para-hydroxylation sites is 1. The number of methoxy groups -OCH3 is 1. The molecule has 2 aromatic carbocycles. The van der Waals surface area contributed by atoms with Crippen LogP contribution in [0.5, 0.6) is 5.75 Å². The van der Waals surface area contributed by atoms with Crippen molar-refractivity contribution in [2.24, 2.45) is 0 Å². The van der Waals surface area contributed by atoms with Crippen molar-refractivity contribution in [2.75, 3.05) is 17.3 Å². The fraction of sp³-hybridized carbons (Fsp3) is 0.148. The molecule has 3 heterocycles. The van der Waals surface area contributed by atoms with E-state index in [2.05, 4.69) is 15.6 Å². The molecule has 0 bridgehead atoms. The van der Waals surface area contributed by atoms with Crippen molar-refractivity contribution in [1.29, 1.82) is 0 Å². The summed E-state index contributed by atoms with van der Waals surface area (Å²) in [6, 6.07) is 20.0. The highest BCUT2D eigenvalue weighted by molar-refractivity contribution is 7.80. The Morgan fingerprint density at radius 2 is 1.95 bits per heavy atom. The minimum atomic E-state index is -0.493. The van der Waals surface area contributed by atoms with Gasteiger partial charge in [0, 0.05) is 24.9 Å². The van der Waals surface area contributed by atoms with Gasteiger partial charge in [-0.05, 0) is 60.7 Å². The topological polar surface area (TPSA) is 123 Å². The van der Waals surface area contributed by atoms with Crippen LogP contribution in [0.1, 0.15) is 30.5 Å². The van der Waals surface area contributed by atoms with Crippen LogP contribution in [0.3, 0.4) is 0 Å². The van der Waals surface area contributed by atoms with E-state index in [1.807, 2.05) is 29.2 Å². The van der Waals surface area contributed by atoms with Crippen molar-refractivity contribution in [1.82, 2.24) is 10.3 Å². The van der Waals surface area contributed by atoms with E-state index in [0.29, 0.717) is 39.3 Å². The Labute approximate surface area is 223 Å². The summed E-state index contributed by atoms with van der Waals surface area (Å²) in [4.78, 5) is 29.4. The van der Waals surface area contributed by atoms with Gasteiger partial charge in [0.1, 0.15) is 23.3 Å². The maximum atomic E-state index is 11.8. The van der Waals surface area contributed by atoms with Crippen molar-refractivity contribution in [3.8, 4) is 17.1 Å². The van der Waals surface area contributed by atoms with Crippen LogP contribution in [0.2, 0.25) is 0 Å². The number of aromatic nitrogens is 1. The van der Waals surface area contributed by atoms with Crippen LogP contribution in [0, 0.1) is 10.1 Å². The number of hydrogen-bond acceptors (Lipinski definition) is 7. The number of thiocarbonyl (C=S) groups is 1. The predicted molar refractivity (Wildman–Crippen MR) is 146 cm³/mol. The number of nitrogens with one attached hydrogen (secondary N) is 2. The summed E-state index contributed by atoms with van der Waals surface area (Å²) in [5.41, 5.74) is 2.22. The summed E-state index contributed by atoms with van der Waals surface area (Å²) in [5.74, 6) is 1.14. The van der Waals surface area contributed by atoms with Crippen LogP contribution in [0.15, 0.2) is 83.4 Å². The highest BCUT2D eigenvalue weighted by Crippen LogP contribution is 2.44. The molecule has 192 valence electrons. The number of pyridine rings is 1. The highest BCUT2D eigenvalue weighted by Gasteiger charge is 2.43. The quantitative estimate of drug-likeness (QED) is 0.184. The highest BCUT2D eigenvalue weighted by atomic mass is 32.1. The zero-order valence-corrected chi connectivity index (χ0v) is 21.3. The van der Waals surface area contributed by atoms with E-state index < -0.39 is 11.0 Å². The molecule has 1 fully saturated rings. The first-order valence-electron chi connectivity index (χ1n) is 11.7. The molecule has 10 nitrogen and oxygen atoms in total. The van der Waals surface area contributed by atoms with Gasteiger partial charge in [-0.25, -0.2) is 0 Å². The number of amides is 1. The lowest BCUT2D eigenvalue weighted by molar-refractivity contribution is -0.384. The number of hydrogen-bond donors (Lipinski definition) is 2. The number of nitro benzene ring substituents is 1. The maximum Gasteiger partial charge on any atom is 0.280 e. The summed E-state index contributed by atoms with van der Waals surface area (Å²) >= 11 is 5.76. The Bertz CT molecular complexity index is 1520. The number of carbonyl (C=O) groups excluding carboxylic acids is 1. The third-order valence-corrected chi connectivity index (χ3v) is 6.47. The van der Waals surface area contributed by atoms with Gasteiger partial charge in [-0.15, -0.1) is 0 Å². The molecule has 11 heteroatoms. The van der Waals surface area contributed by atoms with Gasteiger partial charge >= 0.3 is 0 Å². The number of nitrogens with zero attached hydrogens (tertiary/aromatic N) is 3. The molecule has 2 atom stereocenters. The average Bonchev–Trinajstić information content (AvgIpc) is 3.53. The van der Waals surface area contributed by atoms with Crippen molar-refractivity contribution in [3.63, 3.8) is 0 Å². The standard InChI is InChI=1S/C27H23N5O5S/c1-16(33)29-20-15-17(10-11-23(20)36-2)31-26(25(30-27(31)38)19-8-5-6-14-28-19)24-13-12-22(37-24)18-7-3-4-9-21(18)32(34)35/h3-15,25-26H,1-2H3,(H,29,33)(H,30,38)/t25-,26-/m1/s1. The average molecular weight is 530 g/mol. The van der Waals surface area contributed by atoms with Gasteiger partial charge in [0.25, 0.3) is 5.69 Å².